The van der Waals surface area contributed by atoms with Crippen LogP contribution in [0.1, 0.15) is 64.3 Å². The number of aryl methyl sites for hydroxylation is 1. The summed E-state index contributed by atoms with van der Waals surface area (Å²) < 4.78 is 5.58. The molecular weight excluding hydrogens is 527 g/mol. The molecule has 1 aliphatic rings. The highest BCUT2D eigenvalue weighted by atomic mass is 35.5. The molecule has 0 unspecified atom stereocenters. The third-order valence-electron chi connectivity index (χ3n) is 6.37. The zero-order valence-electron chi connectivity index (χ0n) is 20.6. The number of thiophene rings is 1. The summed E-state index contributed by atoms with van der Waals surface area (Å²) in [6, 6.07) is 14.5. The van der Waals surface area contributed by atoms with E-state index in [1.54, 1.807) is 18.2 Å². The number of aromatic nitrogens is 1. The minimum atomic E-state index is -0.388. The van der Waals surface area contributed by atoms with Gasteiger partial charge in [-0.3, -0.25) is 4.79 Å². The Morgan fingerprint density at radius 1 is 1.00 bits per heavy atom. The van der Waals surface area contributed by atoms with E-state index in [2.05, 4.69) is 5.32 Å². The Morgan fingerprint density at radius 2 is 1.78 bits per heavy atom. The molecule has 2 heterocycles. The first-order valence-corrected chi connectivity index (χ1v) is 13.9. The van der Waals surface area contributed by atoms with Crippen LogP contribution in [-0.4, -0.2) is 23.0 Å². The number of rotatable bonds is 5. The van der Waals surface area contributed by atoms with E-state index in [4.69, 9.17) is 32.9 Å². The summed E-state index contributed by atoms with van der Waals surface area (Å²) in [5, 5.41) is 5.17. The number of nitrogens with one attached hydrogen (secondary N) is 1. The molecule has 0 atom stereocenters. The lowest BCUT2D eigenvalue weighted by Gasteiger charge is -2.13. The number of carbonyl (C=O) groups is 2. The van der Waals surface area contributed by atoms with Crippen LogP contribution >= 0.6 is 34.5 Å². The first-order chi connectivity index (χ1) is 17.8. The average Bonchev–Trinajstić information content (AvgIpc) is 3.04. The Hall–Kier alpha value is -2.93. The molecule has 1 amide bonds. The van der Waals surface area contributed by atoms with Crippen molar-refractivity contribution in [1.82, 2.24) is 4.98 Å². The lowest BCUT2D eigenvalue weighted by molar-refractivity contribution is 0.0378. The minimum absolute atomic E-state index is 0.254. The standard InChI is InChI=1S/C29H26Cl2N2O3S/c1-16(2)36-29(35)26-19-9-4-3-5-11-25(19)37-28(26)33-27(34)20-15-24(17-12-13-21(30)22(31)14-17)32-23-10-7-6-8-18(20)23/h6-8,10,12-16H,3-5,9,11H2,1-2H3,(H,33,34). The number of pyridine rings is 1. The fourth-order valence-electron chi connectivity index (χ4n) is 4.66. The van der Waals surface area contributed by atoms with E-state index in [0.717, 1.165) is 48.1 Å². The van der Waals surface area contributed by atoms with Crippen LogP contribution in [0.5, 0.6) is 0 Å². The Balaban J connectivity index is 1.58. The van der Waals surface area contributed by atoms with Crippen molar-refractivity contribution >= 4 is 62.3 Å². The number of anilines is 1. The monoisotopic (exact) mass is 552 g/mol. The highest BCUT2D eigenvalue weighted by Crippen LogP contribution is 2.39. The van der Waals surface area contributed by atoms with Crippen molar-refractivity contribution in [3.63, 3.8) is 0 Å². The maximum Gasteiger partial charge on any atom is 0.341 e. The van der Waals surface area contributed by atoms with E-state index in [-0.39, 0.29) is 18.0 Å². The molecule has 0 bridgehead atoms. The molecule has 0 radical (unpaired) electrons. The van der Waals surface area contributed by atoms with Crippen molar-refractivity contribution in [3.05, 3.63) is 80.1 Å². The average molecular weight is 554 g/mol. The van der Waals surface area contributed by atoms with E-state index in [0.29, 0.717) is 42.8 Å². The highest BCUT2D eigenvalue weighted by Gasteiger charge is 2.28. The van der Waals surface area contributed by atoms with Crippen LogP contribution in [0.3, 0.4) is 0 Å². The van der Waals surface area contributed by atoms with Gasteiger partial charge < -0.3 is 10.1 Å². The molecule has 1 N–H and O–H groups in total. The highest BCUT2D eigenvalue weighted by molar-refractivity contribution is 7.17. The van der Waals surface area contributed by atoms with Gasteiger partial charge in [-0.25, -0.2) is 9.78 Å². The molecule has 37 heavy (non-hydrogen) atoms. The molecule has 190 valence electrons. The second kappa shape index (κ2) is 10.8. The lowest BCUT2D eigenvalue weighted by atomic mass is 10.0. The Bertz CT molecular complexity index is 1510. The van der Waals surface area contributed by atoms with Gasteiger partial charge in [-0.1, -0.05) is 53.9 Å². The summed E-state index contributed by atoms with van der Waals surface area (Å²) in [5.74, 6) is -0.698. The number of amides is 1. The summed E-state index contributed by atoms with van der Waals surface area (Å²) in [7, 11) is 0. The molecule has 5 nitrogen and oxygen atoms in total. The zero-order chi connectivity index (χ0) is 26.1. The molecule has 0 saturated heterocycles. The van der Waals surface area contributed by atoms with Crippen molar-refractivity contribution in [1.29, 1.82) is 0 Å². The Kier molecular flexibility index (Phi) is 7.52. The van der Waals surface area contributed by atoms with E-state index in [1.807, 2.05) is 44.2 Å². The quantitative estimate of drug-likeness (QED) is 0.199. The zero-order valence-corrected chi connectivity index (χ0v) is 22.9. The number of hydrogen-bond acceptors (Lipinski definition) is 5. The van der Waals surface area contributed by atoms with E-state index in [9.17, 15) is 9.59 Å². The molecule has 2 aromatic heterocycles. The van der Waals surface area contributed by atoms with Gasteiger partial charge in [-0.2, -0.15) is 0 Å². The number of halogens is 2. The third kappa shape index (κ3) is 5.37. The van der Waals surface area contributed by atoms with Crippen LogP contribution < -0.4 is 5.32 Å². The minimum Gasteiger partial charge on any atom is -0.459 e. The van der Waals surface area contributed by atoms with Crippen LogP contribution in [0.25, 0.3) is 22.2 Å². The summed E-state index contributed by atoms with van der Waals surface area (Å²) >= 11 is 13.8. The summed E-state index contributed by atoms with van der Waals surface area (Å²) in [5.41, 5.74) is 3.99. The lowest BCUT2D eigenvalue weighted by Crippen LogP contribution is -2.18. The van der Waals surface area contributed by atoms with Crippen LogP contribution in [0.15, 0.2) is 48.5 Å². The largest absolute Gasteiger partial charge is 0.459 e. The van der Waals surface area contributed by atoms with Gasteiger partial charge in [0.1, 0.15) is 5.00 Å². The van der Waals surface area contributed by atoms with Gasteiger partial charge in [-0.05, 0) is 69.4 Å². The number of nitrogens with zero attached hydrogens (tertiary/aromatic N) is 1. The fourth-order valence-corrected chi connectivity index (χ4v) is 6.23. The second-order valence-corrected chi connectivity index (χ2v) is 11.3. The molecule has 1 aliphatic carbocycles. The molecule has 5 rings (SSSR count). The number of para-hydroxylation sites is 1. The number of benzene rings is 2. The van der Waals surface area contributed by atoms with E-state index in [1.165, 1.54) is 11.3 Å². The summed E-state index contributed by atoms with van der Waals surface area (Å²) in [4.78, 5) is 32.8. The predicted octanol–water partition coefficient (Wildman–Crippen LogP) is 8.36. The van der Waals surface area contributed by atoms with Crippen molar-refractivity contribution in [2.75, 3.05) is 5.32 Å². The van der Waals surface area contributed by atoms with Crippen molar-refractivity contribution in [2.45, 2.75) is 52.1 Å². The second-order valence-electron chi connectivity index (χ2n) is 9.38. The van der Waals surface area contributed by atoms with Gasteiger partial charge in [0.25, 0.3) is 5.91 Å². The van der Waals surface area contributed by atoms with Crippen LogP contribution in [-0.2, 0) is 17.6 Å². The number of hydrogen-bond donors (Lipinski definition) is 1. The van der Waals surface area contributed by atoms with Gasteiger partial charge in [0, 0.05) is 15.8 Å². The van der Waals surface area contributed by atoms with Crippen LogP contribution in [0, 0.1) is 0 Å². The van der Waals surface area contributed by atoms with Gasteiger partial charge >= 0.3 is 5.97 Å². The van der Waals surface area contributed by atoms with Crippen molar-refractivity contribution in [3.8, 4) is 11.3 Å². The first-order valence-electron chi connectivity index (χ1n) is 12.3. The normalized spacial score (nSPS) is 13.3. The topological polar surface area (TPSA) is 68.3 Å². The molecule has 0 spiro atoms. The Morgan fingerprint density at radius 3 is 2.57 bits per heavy atom. The molecule has 8 heteroatoms. The molecule has 4 aromatic rings. The van der Waals surface area contributed by atoms with Gasteiger partial charge in [0.05, 0.1) is 38.5 Å². The molecule has 0 aliphatic heterocycles. The van der Waals surface area contributed by atoms with Crippen LogP contribution in [0.2, 0.25) is 10.0 Å². The van der Waals surface area contributed by atoms with E-state index < -0.39 is 0 Å². The number of esters is 1. The first kappa shape index (κ1) is 25.7. The van der Waals surface area contributed by atoms with Gasteiger partial charge in [0.15, 0.2) is 0 Å². The molecule has 0 fully saturated rings. The van der Waals surface area contributed by atoms with Crippen molar-refractivity contribution in [2.24, 2.45) is 0 Å². The molecular formula is C29H26Cl2N2O3S. The molecule has 0 saturated carbocycles. The number of fused-ring (bicyclic) bond motifs is 2. The smallest absolute Gasteiger partial charge is 0.341 e. The summed E-state index contributed by atoms with van der Waals surface area (Å²) in [6.07, 6.45) is 4.67. The maximum absolute atomic E-state index is 13.8. The predicted molar refractivity (Wildman–Crippen MR) is 151 cm³/mol. The number of ether oxygens (including phenoxy) is 1. The maximum atomic E-state index is 13.8. The number of carbonyl (C=O) groups excluding carboxylic acids is 2. The van der Waals surface area contributed by atoms with E-state index >= 15 is 0 Å². The van der Waals surface area contributed by atoms with Gasteiger partial charge in [-0.15, -0.1) is 11.3 Å². The van der Waals surface area contributed by atoms with Gasteiger partial charge in [0.2, 0.25) is 0 Å². The SMILES string of the molecule is CC(C)OC(=O)c1c(NC(=O)c2cc(-c3ccc(Cl)c(Cl)c3)nc3ccccc23)sc2c1CCCCC2. The summed E-state index contributed by atoms with van der Waals surface area (Å²) in [6.45, 7) is 3.66. The fraction of sp³-hybridized carbons (Fsp3) is 0.276. The molecule has 2 aromatic carbocycles. The van der Waals surface area contributed by atoms with Crippen LogP contribution in [0.4, 0.5) is 5.00 Å². The third-order valence-corrected chi connectivity index (χ3v) is 8.32. The van der Waals surface area contributed by atoms with Crippen molar-refractivity contribution < 1.29 is 14.3 Å². The Labute approximate surface area is 229 Å².